The third-order valence-corrected chi connectivity index (χ3v) is 6.66. The zero-order valence-electron chi connectivity index (χ0n) is 14.8. The number of carbonyl (C=O) groups excluding carboxylic acids is 1. The quantitative estimate of drug-likeness (QED) is 0.885. The Balaban J connectivity index is 2.31. The van der Waals surface area contributed by atoms with Crippen molar-refractivity contribution in [3.05, 3.63) is 29.3 Å². The van der Waals surface area contributed by atoms with Crippen molar-refractivity contribution >= 4 is 15.9 Å². The van der Waals surface area contributed by atoms with Crippen molar-refractivity contribution in [1.82, 2.24) is 9.62 Å². The second-order valence-corrected chi connectivity index (χ2v) is 8.49. The minimum absolute atomic E-state index is 0.0597. The topological polar surface area (TPSA) is 66.5 Å². The number of nitrogens with one attached hydrogen (secondary N) is 1. The summed E-state index contributed by atoms with van der Waals surface area (Å²) in [6.07, 6.45) is 4.76. The average molecular weight is 353 g/mol. The molecule has 1 aliphatic rings. The van der Waals surface area contributed by atoms with Crippen LogP contribution in [0.1, 0.15) is 61.9 Å². The lowest BCUT2D eigenvalue weighted by atomic mass is 10.1. The third-order valence-electron chi connectivity index (χ3n) is 4.62. The molecule has 0 aliphatic carbocycles. The van der Waals surface area contributed by atoms with Crippen LogP contribution in [0, 0.1) is 6.92 Å². The van der Waals surface area contributed by atoms with E-state index in [1.807, 2.05) is 13.8 Å². The van der Waals surface area contributed by atoms with Crippen molar-refractivity contribution < 1.29 is 13.2 Å². The van der Waals surface area contributed by atoms with Crippen LogP contribution in [0.2, 0.25) is 0 Å². The number of hydrogen-bond donors (Lipinski definition) is 1. The minimum atomic E-state index is -3.55. The Morgan fingerprint density at radius 1 is 1.21 bits per heavy atom. The summed E-state index contributed by atoms with van der Waals surface area (Å²) in [5.41, 5.74) is 1.08. The number of amides is 1. The summed E-state index contributed by atoms with van der Waals surface area (Å²) in [7, 11) is -3.55. The minimum Gasteiger partial charge on any atom is -0.350 e. The number of aryl methyl sites for hydroxylation is 1. The molecular weight excluding hydrogens is 324 g/mol. The molecule has 0 aromatic heterocycles. The molecule has 1 heterocycles. The second-order valence-electron chi connectivity index (χ2n) is 6.58. The van der Waals surface area contributed by atoms with Crippen LogP contribution in [-0.2, 0) is 10.0 Å². The third kappa shape index (κ3) is 4.36. The maximum atomic E-state index is 13.0. The number of rotatable bonds is 5. The largest absolute Gasteiger partial charge is 0.350 e. The average Bonchev–Trinajstić information content (AvgIpc) is 2.84. The van der Waals surface area contributed by atoms with Crippen LogP contribution in [0.4, 0.5) is 0 Å². The molecule has 1 N–H and O–H groups in total. The van der Waals surface area contributed by atoms with Crippen molar-refractivity contribution in [2.75, 3.05) is 13.1 Å². The van der Waals surface area contributed by atoms with E-state index in [9.17, 15) is 13.2 Å². The second kappa shape index (κ2) is 8.12. The molecule has 1 saturated heterocycles. The van der Waals surface area contributed by atoms with E-state index in [0.717, 1.165) is 32.1 Å². The highest BCUT2D eigenvalue weighted by molar-refractivity contribution is 7.89. The van der Waals surface area contributed by atoms with Gasteiger partial charge in [-0.05, 0) is 50.8 Å². The molecule has 0 bridgehead atoms. The lowest BCUT2D eigenvalue weighted by molar-refractivity contribution is 0.0939. The first-order valence-electron chi connectivity index (χ1n) is 8.78. The lowest BCUT2D eigenvalue weighted by Gasteiger charge is -2.21. The highest BCUT2D eigenvalue weighted by Gasteiger charge is 2.27. The van der Waals surface area contributed by atoms with Crippen LogP contribution in [0.3, 0.4) is 0 Å². The molecular formula is C18H28N2O3S. The predicted octanol–water partition coefficient (Wildman–Crippen LogP) is 3.09. The first-order valence-corrected chi connectivity index (χ1v) is 10.2. The van der Waals surface area contributed by atoms with Crippen molar-refractivity contribution in [2.24, 2.45) is 0 Å². The molecule has 1 aromatic carbocycles. The van der Waals surface area contributed by atoms with E-state index in [1.165, 1.54) is 6.07 Å². The number of nitrogens with zero attached hydrogens (tertiary/aromatic N) is 1. The fourth-order valence-electron chi connectivity index (χ4n) is 2.85. The number of benzene rings is 1. The van der Waals surface area contributed by atoms with Gasteiger partial charge in [0.05, 0.1) is 4.90 Å². The van der Waals surface area contributed by atoms with Gasteiger partial charge in [-0.1, -0.05) is 25.8 Å². The van der Waals surface area contributed by atoms with Crippen LogP contribution >= 0.6 is 0 Å². The van der Waals surface area contributed by atoms with Gasteiger partial charge in [0.15, 0.2) is 0 Å². The highest BCUT2D eigenvalue weighted by atomic mass is 32.2. The molecule has 5 nitrogen and oxygen atoms in total. The Bertz CT molecular complexity index is 678. The fourth-order valence-corrected chi connectivity index (χ4v) is 4.62. The molecule has 1 fully saturated rings. The summed E-state index contributed by atoms with van der Waals surface area (Å²) < 4.78 is 27.6. The molecule has 0 saturated carbocycles. The Labute approximate surface area is 145 Å². The van der Waals surface area contributed by atoms with Crippen LogP contribution < -0.4 is 5.32 Å². The van der Waals surface area contributed by atoms with E-state index in [2.05, 4.69) is 5.32 Å². The molecule has 1 atom stereocenters. The summed E-state index contributed by atoms with van der Waals surface area (Å²) in [6.45, 7) is 6.83. The van der Waals surface area contributed by atoms with Gasteiger partial charge in [0.25, 0.3) is 5.91 Å². The van der Waals surface area contributed by atoms with Crippen LogP contribution in [0.5, 0.6) is 0 Å². The normalized spacial score (nSPS) is 18.0. The van der Waals surface area contributed by atoms with Gasteiger partial charge in [-0.2, -0.15) is 4.31 Å². The molecule has 24 heavy (non-hydrogen) atoms. The smallest absolute Gasteiger partial charge is 0.251 e. The summed E-state index contributed by atoms with van der Waals surface area (Å²) in [4.78, 5) is 12.6. The maximum Gasteiger partial charge on any atom is 0.251 e. The standard InChI is InChI=1S/C18H28N2O3S/c1-4-15(3)19-18(21)16-10-9-14(2)17(13-16)24(22,23)20-11-7-5-6-8-12-20/h9-10,13,15H,4-8,11-12H2,1-3H3,(H,19,21)/t15-/m1/s1. The van der Waals surface area contributed by atoms with Gasteiger partial charge < -0.3 is 5.32 Å². The molecule has 2 rings (SSSR count). The van der Waals surface area contributed by atoms with Gasteiger partial charge in [-0.25, -0.2) is 8.42 Å². The Morgan fingerprint density at radius 2 is 1.83 bits per heavy atom. The van der Waals surface area contributed by atoms with E-state index in [4.69, 9.17) is 0 Å². The van der Waals surface area contributed by atoms with Gasteiger partial charge in [0.2, 0.25) is 10.0 Å². The van der Waals surface area contributed by atoms with Gasteiger partial charge in [0.1, 0.15) is 0 Å². The maximum absolute atomic E-state index is 13.0. The van der Waals surface area contributed by atoms with E-state index in [0.29, 0.717) is 24.2 Å². The molecule has 0 unspecified atom stereocenters. The summed E-state index contributed by atoms with van der Waals surface area (Å²) >= 11 is 0. The number of carbonyl (C=O) groups is 1. The zero-order valence-corrected chi connectivity index (χ0v) is 15.7. The van der Waals surface area contributed by atoms with Crippen molar-refractivity contribution in [3.63, 3.8) is 0 Å². The van der Waals surface area contributed by atoms with E-state index in [-0.39, 0.29) is 16.8 Å². The van der Waals surface area contributed by atoms with Gasteiger partial charge in [-0.15, -0.1) is 0 Å². The summed E-state index contributed by atoms with van der Waals surface area (Å²) in [6, 6.07) is 4.99. The molecule has 6 heteroatoms. The van der Waals surface area contributed by atoms with E-state index >= 15 is 0 Å². The molecule has 1 amide bonds. The molecule has 0 spiro atoms. The zero-order chi connectivity index (χ0) is 17.7. The van der Waals surface area contributed by atoms with Crippen molar-refractivity contribution in [3.8, 4) is 0 Å². The Kier molecular flexibility index (Phi) is 6.40. The first kappa shape index (κ1) is 18.9. The van der Waals surface area contributed by atoms with Crippen molar-refractivity contribution in [1.29, 1.82) is 0 Å². The SMILES string of the molecule is CC[C@@H](C)NC(=O)c1ccc(C)c(S(=O)(=O)N2CCCCCC2)c1. The number of hydrogen-bond acceptors (Lipinski definition) is 3. The molecule has 1 aromatic rings. The van der Waals surface area contributed by atoms with E-state index in [1.54, 1.807) is 23.4 Å². The van der Waals surface area contributed by atoms with Crippen LogP contribution in [0.25, 0.3) is 0 Å². The van der Waals surface area contributed by atoms with Gasteiger partial charge in [-0.3, -0.25) is 4.79 Å². The summed E-state index contributed by atoms with van der Waals surface area (Å²) in [5, 5.41) is 2.89. The van der Waals surface area contributed by atoms with Gasteiger partial charge >= 0.3 is 0 Å². The summed E-state index contributed by atoms with van der Waals surface area (Å²) in [5.74, 6) is -0.225. The van der Waals surface area contributed by atoms with Crippen LogP contribution in [-0.4, -0.2) is 37.8 Å². The molecule has 134 valence electrons. The first-order chi connectivity index (χ1) is 11.4. The van der Waals surface area contributed by atoms with E-state index < -0.39 is 10.0 Å². The van der Waals surface area contributed by atoms with Crippen LogP contribution in [0.15, 0.2) is 23.1 Å². The Hall–Kier alpha value is -1.40. The molecule has 0 radical (unpaired) electrons. The predicted molar refractivity (Wildman–Crippen MR) is 95.6 cm³/mol. The fraction of sp³-hybridized carbons (Fsp3) is 0.611. The van der Waals surface area contributed by atoms with Gasteiger partial charge in [0, 0.05) is 24.7 Å². The molecule has 1 aliphatic heterocycles. The highest BCUT2D eigenvalue weighted by Crippen LogP contribution is 2.24. The van der Waals surface area contributed by atoms with Crippen molar-refractivity contribution in [2.45, 2.75) is 63.8 Å². The Morgan fingerprint density at radius 3 is 2.42 bits per heavy atom. The monoisotopic (exact) mass is 352 g/mol. The lowest BCUT2D eigenvalue weighted by Crippen LogP contribution is -2.34. The number of sulfonamides is 1.